The molecule has 6 heteroatoms. The molecule has 2 aliphatic rings. The molecule has 0 saturated carbocycles. The van der Waals surface area contributed by atoms with Crippen LogP contribution in [0.3, 0.4) is 0 Å². The molecular weight excluding hydrogens is 358 g/mol. The number of carbonyl (C=O) groups excluding carboxylic acids is 1. The second-order valence-electron chi connectivity index (χ2n) is 7.88. The molecular formula is C22H27NO5. The van der Waals surface area contributed by atoms with Crippen molar-refractivity contribution in [2.24, 2.45) is 17.0 Å². The Kier molecular flexibility index (Phi) is 6.19. The van der Waals surface area contributed by atoms with Crippen LogP contribution in [0.4, 0.5) is 0 Å². The smallest absolute Gasteiger partial charge is 0.337 e. The Morgan fingerprint density at radius 3 is 2.71 bits per heavy atom. The lowest BCUT2D eigenvalue weighted by molar-refractivity contribution is -0.159. The van der Waals surface area contributed by atoms with Crippen molar-refractivity contribution in [2.75, 3.05) is 7.11 Å². The third-order valence-electron chi connectivity index (χ3n) is 4.65. The maximum atomic E-state index is 12.2. The molecule has 1 heterocycles. The van der Waals surface area contributed by atoms with Crippen molar-refractivity contribution in [1.29, 1.82) is 0 Å². The topological polar surface area (TPSA) is 66.4 Å². The number of rotatable bonds is 6. The van der Waals surface area contributed by atoms with Crippen molar-refractivity contribution in [1.82, 2.24) is 0 Å². The van der Waals surface area contributed by atoms with E-state index in [1.54, 1.807) is 6.21 Å². The molecule has 1 aliphatic carbocycles. The molecule has 6 nitrogen and oxygen atoms in total. The van der Waals surface area contributed by atoms with Crippen LogP contribution in [0.15, 0.2) is 59.0 Å². The molecule has 0 amide bonds. The summed E-state index contributed by atoms with van der Waals surface area (Å²) in [5.41, 5.74) is 2.13. The first kappa shape index (κ1) is 20.1. The van der Waals surface area contributed by atoms with E-state index in [4.69, 9.17) is 19.0 Å². The van der Waals surface area contributed by atoms with E-state index in [0.717, 1.165) is 11.1 Å². The van der Waals surface area contributed by atoms with Gasteiger partial charge < -0.3 is 19.0 Å². The van der Waals surface area contributed by atoms with Gasteiger partial charge in [0.2, 0.25) is 6.29 Å². The molecule has 3 atom stereocenters. The van der Waals surface area contributed by atoms with Crippen molar-refractivity contribution in [3.05, 3.63) is 59.4 Å². The van der Waals surface area contributed by atoms with Gasteiger partial charge in [-0.05, 0) is 38.3 Å². The number of fused-ring (bicyclic) bond motifs is 1. The van der Waals surface area contributed by atoms with Crippen LogP contribution in [0.25, 0.3) is 0 Å². The average Bonchev–Trinajstić information content (AvgIpc) is 3.09. The first-order valence-corrected chi connectivity index (χ1v) is 9.40. The fourth-order valence-corrected chi connectivity index (χ4v) is 3.35. The van der Waals surface area contributed by atoms with Gasteiger partial charge >= 0.3 is 5.97 Å². The van der Waals surface area contributed by atoms with Gasteiger partial charge in [-0.25, -0.2) is 4.79 Å². The first-order valence-electron chi connectivity index (χ1n) is 9.40. The summed E-state index contributed by atoms with van der Waals surface area (Å²) in [5, 5.41) is 4.12. The number of esters is 1. The minimum Gasteiger partial charge on any atom is -0.471 e. The number of methoxy groups -OCH3 is 1. The Balaban J connectivity index is 1.77. The van der Waals surface area contributed by atoms with Crippen LogP contribution in [0, 0.1) is 11.8 Å². The van der Waals surface area contributed by atoms with Gasteiger partial charge in [-0.1, -0.05) is 41.6 Å². The largest absolute Gasteiger partial charge is 0.471 e. The molecule has 0 aromatic heterocycles. The van der Waals surface area contributed by atoms with E-state index in [1.165, 1.54) is 13.4 Å². The Morgan fingerprint density at radius 1 is 1.29 bits per heavy atom. The van der Waals surface area contributed by atoms with Crippen LogP contribution < -0.4 is 0 Å². The van der Waals surface area contributed by atoms with Gasteiger partial charge in [-0.15, -0.1) is 0 Å². The zero-order valence-electron chi connectivity index (χ0n) is 16.8. The number of carbonyl (C=O) groups is 1. The van der Waals surface area contributed by atoms with Gasteiger partial charge in [-0.3, -0.25) is 0 Å². The van der Waals surface area contributed by atoms with Crippen molar-refractivity contribution in [3.8, 4) is 0 Å². The molecule has 0 fully saturated rings. The molecule has 1 aromatic rings. The number of hydrogen-bond donors (Lipinski definition) is 0. The molecule has 0 N–H and O–H groups in total. The highest BCUT2D eigenvalue weighted by Gasteiger charge is 2.44. The molecule has 0 radical (unpaired) electrons. The van der Waals surface area contributed by atoms with Crippen LogP contribution in [-0.2, 0) is 30.4 Å². The number of oxime groups is 1. The van der Waals surface area contributed by atoms with E-state index < -0.39 is 6.29 Å². The number of benzene rings is 1. The van der Waals surface area contributed by atoms with Crippen molar-refractivity contribution in [3.63, 3.8) is 0 Å². The Hall–Kier alpha value is -2.60. The van der Waals surface area contributed by atoms with E-state index in [1.807, 2.05) is 51.1 Å². The van der Waals surface area contributed by atoms with Gasteiger partial charge in [0.1, 0.15) is 5.60 Å². The number of hydrogen-bond acceptors (Lipinski definition) is 6. The third-order valence-corrected chi connectivity index (χ3v) is 4.65. The number of allylic oxidation sites excluding steroid dienone is 1. The minimum atomic E-state index is -0.520. The second kappa shape index (κ2) is 8.61. The molecule has 0 saturated heterocycles. The molecule has 1 aliphatic heterocycles. The summed E-state index contributed by atoms with van der Waals surface area (Å²) in [6.07, 6.45) is 5.39. The molecule has 28 heavy (non-hydrogen) atoms. The number of nitrogens with zero attached hydrogens (tertiary/aromatic N) is 1. The zero-order valence-corrected chi connectivity index (χ0v) is 16.8. The average molecular weight is 385 g/mol. The second-order valence-corrected chi connectivity index (χ2v) is 7.88. The quantitative estimate of drug-likeness (QED) is 0.421. The summed E-state index contributed by atoms with van der Waals surface area (Å²) < 4.78 is 16.8. The predicted molar refractivity (Wildman–Crippen MR) is 105 cm³/mol. The van der Waals surface area contributed by atoms with Crippen LogP contribution in [0.2, 0.25) is 0 Å². The highest BCUT2D eigenvalue weighted by atomic mass is 16.7. The fraction of sp³-hybridized carbons (Fsp3) is 0.455. The normalized spacial score (nSPS) is 24.2. The Labute approximate surface area is 165 Å². The van der Waals surface area contributed by atoms with Crippen molar-refractivity contribution < 1.29 is 23.8 Å². The highest BCUT2D eigenvalue weighted by molar-refractivity contribution is 5.90. The summed E-state index contributed by atoms with van der Waals surface area (Å²) in [7, 11) is 1.37. The van der Waals surface area contributed by atoms with E-state index in [0.29, 0.717) is 18.6 Å². The van der Waals surface area contributed by atoms with E-state index >= 15 is 0 Å². The summed E-state index contributed by atoms with van der Waals surface area (Å²) >= 11 is 0. The maximum absolute atomic E-state index is 12.2. The SMILES string of the molecule is COC(=O)C1=CO[C@@H](OCc2ccccc2)C2C(/C=N/OC(C)(C)C)=CCC12. The molecule has 1 aromatic carbocycles. The van der Waals surface area contributed by atoms with Crippen molar-refractivity contribution in [2.45, 2.75) is 45.7 Å². The highest BCUT2D eigenvalue weighted by Crippen LogP contribution is 2.43. The first-order chi connectivity index (χ1) is 13.4. The predicted octanol–water partition coefficient (Wildman–Crippen LogP) is 3.98. The van der Waals surface area contributed by atoms with Gasteiger partial charge in [-0.2, -0.15) is 0 Å². The Bertz CT molecular complexity index is 776. The van der Waals surface area contributed by atoms with Gasteiger partial charge in [0.25, 0.3) is 0 Å². The van der Waals surface area contributed by atoms with E-state index in [-0.39, 0.29) is 23.4 Å². The summed E-state index contributed by atoms with van der Waals surface area (Å²) in [6, 6.07) is 9.90. The summed E-state index contributed by atoms with van der Waals surface area (Å²) in [4.78, 5) is 17.6. The van der Waals surface area contributed by atoms with E-state index in [9.17, 15) is 4.79 Å². The lowest BCUT2D eigenvalue weighted by Gasteiger charge is -2.34. The number of ether oxygens (including phenoxy) is 3. The summed E-state index contributed by atoms with van der Waals surface area (Å²) in [5.74, 6) is -0.609. The summed E-state index contributed by atoms with van der Waals surface area (Å²) in [6.45, 7) is 6.22. The molecule has 0 spiro atoms. The zero-order chi connectivity index (χ0) is 20.1. The third kappa shape index (κ3) is 4.81. The minimum absolute atomic E-state index is 0.0712. The monoisotopic (exact) mass is 385 g/mol. The van der Waals surface area contributed by atoms with Crippen LogP contribution in [0.1, 0.15) is 32.8 Å². The van der Waals surface area contributed by atoms with Crippen LogP contribution in [0.5, 0.6) is 0 Å². The molecule has 0 bridgehead atoms. The lowest BCUT2D eigenvalue weighted by Crippen LogP contribution is -2.37. The molecule has 3 rings (SSSR count). The Morgan fingerprint density at radius 2 is 2.04 bits per heavy atom. The lowest BCUT2D eigenvalue weighted by atomic mass is 9.83. The molecule has 150 valence electrons. The maximum Gasteiger partial charge on any atom is 0.337 e. The van der Waals surface area contributed by atoms with Crippen LogP contribution >= 0.6 is 0 Å². The molecule has 2 unspecified atom stereocenters. The van der Waals surface area contributed by atoms with Gasteiger partial charge in [0.15, 0.2) is 0 Å². The van der Waals surface area contributed by atoms with E-state index in [2.05, 4.69) is 11.2 Å². The van der Waals surface area contributed by atoms with Crippen molar-refractivity contribution >= 4 is 12.2 Å². The van der Waals surface area contributed by atoms with Gasteiger partial charge in [0.05, 0.1) is 37.7 Å². The van der Waals surface area contributed by atoms with Gasteiger partial charge in [0, 0.05) is 5.92 Å². The fourth-order valence-electron chi connectivity index (χ4n) is 3.35. The van der Waals surface area contributed by atoms with Crippen LogP contribution in [-0.4, -0.2) is 31.2 Å². The standard InChI is InChI=1S/C22H27NO5/c1-22(2,3)28-23-12-16-10-11-17-18(20(24)25-4)14-27-21(19(16)17)26-13-15-8-6-5-7-9-15/h5-10,12,14,17,19,21H,11,13H2,1-4H3/b23-12+/t17?,19?,21-/m1/s1.